The molecule has 0 spiro atoms. The van der Waals surface area contributed by atoms with E-state index in [-0.39, 0.29) is 12.2 Å². The molecule has 0 amide bonds. The molecular formula is C12H16ClNO2. The topological polar surface area (TPSA) is 30.5 Å². The maximum absolute atomic E-state index is 6.06. The van der Waals surface area contributed by atoms with Gasteiger partial charge in [0.15, 0.2) is 5.75 Å². The summed E-state index contributed by atoms with van der Waals surface area (Å²) in [5, 5.41) is 3.93. The molecule has 1 aromatic rings. The SMILES string of the molecule is CC(C)OCC1CNc2cccc(Cl)c2O1. The van der Waals surface area contributed by atoms with E-state index in [0.29, 0.717) is 11.6 Å². The minimum Gasteiger partial charge on any atom is -0.482 e. The van der Waals surface area contributed by atoms with Crippen molar-refractivity contribution in [1.29, 1.82) is 0 Å². The van der Waals surface area contributed by atoms with Crippen LogP contribution in [0.4, 0.5) is 5.69 Å². The van der Waals surface area contributed by atoms with Gasteiger partial charge in [-0.25, -0.2) is 0 Å². The Labute approximate surface area is 101 Å². The lowest BCUT2D eigenvalue weighted by Gasteiger charge is -2.28. The van der Waals surface area contributed by atoms with Gasteiger partial charge >= 0.3 is 0 Å². The highest BCUT2D eigenvalue weighted by molar-refractivity contribution is 6.32. The van der Waals surface area contributed by atoms with Gasteiger partial charge in [0.05, 0.1) is 30.0 Å². The van der Waals surface area contributed by atoms with Crippen LogP contribution in [0.1, 0.15) is 13.8 Å². The number of ether oxygens (including phenoxy) is 2. The van der Waals surface area contributed by atoms with Crippen LogP contribution in [0.2, 0.25) is 5.02 Å². The molecule has 1 atom stereocenters. The van der Waals surface area contributed by atoms with E-state index in [2.05, 4.69) is 5.32 Å². The molecule has 1 aliphatic heterocycles. The smallest absolute Gasteiger partial charge is 0.161 e. The Kier molecular flexibility index (Phi) is 3.56. The van der Waals surface area contributed by atoms with E-state index in [1.807, 2.05) is 32.0 Å². The largest absolute Gasteiger partial charge is 0.482 e. The molecule has 3 nitrogen and oxygen atoms in total. The summed E-state index contributed by atoms with van der Waals surface area (Å²) in [5.41, 5.74) is 0.952. The van der Waals surface area contributed by atoms with Crippen LogP contribution in [-0.2, 0) is 4.74 Å². The van der Waals surface area contributed by atoms with Gasteiger partial charge < -0.3 is 14.8 Å². The lowest BCUT2D eigenvalue weighted by atomic mass is 10.2. The first-order valence-corrected chi connectivity index (χ1v) is 5.85. The van der Waals surface area contributed by atoms with Crippen LogP contribution in [0.5, 0.6) is 5.75 Å². The predicted molar refractivity (Wildman–Crippen MR) is 65.4 cm³/mol. The van der Waals surface area contributed by atoms with Gasteiger partial charge in [-0.15, -0.1) is 0 Å². The third kappa shape index (κ3) is 2.60. The van der Waals surface area contributed by atoms with Crippen molar-refractivity contribution in [2.45, 2.75) is 26.1 Å². The predicted octanol–water partition coefficient (Wildman–Crippen LogP) is 2.94. The minimum absolute atomic E-state index is 0.0230. The summed E-state index contributed by atoms with van der Waals surface area (Å²) >= 11 is 6.06. The van der Waals surface area contributed by atoms with Crippen molar-refractivity contribution >= 4 is 17.3 Å². The standard InChI is InChI=1S/C12H16ClNO2/c1-8(2)15-7-9-6-14-11-5-3-4-10(13)12(11)16-9/h3-5,8-9,14H,6-7H2,1-2H3. The molecule has 0 aromatic heterocycles. The molecule has 0 bridgehead atoms. The first-order chi connectivity index (χ1) is 7.66. The van der Waals surface area contributed by atoms with Gasteiger partial charge in [0.1, 0.15) is 6.10 Å². The van der Waals surface area contributed by atoms with Crippen LogP contribution in [0.25, 0.3) is 0 Å². The lowest BCUT2D eigenvalue weighted by molar-refractivity contribution is 0.0190. The van der Waals surface area contributed by atoms with Gasteiger partial charge in [0, 0.05) is 0 Å². The molecule has 0 radical (unpaired) electrons. The summed E-state index contributed by atoms with van der Waals surface area (Å²) in [5.74, 6) is 0.729. The van der Waals surface area contributed by atoms with Crippen molar-refractivity contribution in [3.8, 4) is 5.75 Å². The van der Waals surface area contributed by atoms with E-state index in [0.717, 1.165) is 18.0 Å². The summed E-state index contributed by atoms with van der Waals surface area (Å²) in [4.78, 5) is 0. The molecule has 0 saturated carbocycles. The molecule has 1 aliphatic rings. The molecule has 0 fully saturated rings. The number of rotatable bonds is 3. The van der Waals surface area contributed by atoms with Gasteiger partial charge in [-0.05, 0) is 26.0 Å². The second kappa shape index (κ2) is 4.93. The monoisotopic (exact) mass is 241 g/mol. The van der Waals surface area contributed by atoms with E-state index < -0.39 is 0 Å². The molecule has 1 heterocycles. The summed E-state index contributed by atoms with van der Waals surface area (Å²) < 4.78 is 11.3. The number of benzene rings is 1. The third-order valence-corrected chi connectivity index (χ3v) is 2.68. The number of para-hydroxylation sites is 1. The van der Waals surface area contributed by atoms with Crippen molar-refractivity contribution in [2.24, 2.45) is 0 Å². The fourth-order valence-corrected chi connectivity index (χ4v) is 1.81. The van der Waals surface area contributed by atoms with E-state index in [4.69, 9.17) is 21.1 Å². The van der Waals surface area contributed by atoms with Crippen LogP contribution in [0, 0.1) is 0 Å². The van der Waals surface area contributed by atoms with E-state index in [9.17, 15) is 0 Å². The Morgan fingerprint density at radius 3 is 3.12 bits per heavy atom. The zero-order chi connectivity index (χ0) is 11.5. The van der Waals surface area contributed by atoms with E-state index >= 15 is 0 Å². The highest BCUT2D eigenvalue weighted by Crippen LogP contribution is 2.35. The molecule has 16 heavy (non-hydrogen) atoms. The van der Waals surface area contributed by atoms with Gasteiger partial charge in [-0.2, -0.15) is 0 Å². The van der Waals surface area contributed by atoms with Crippen molar-refractivity contribution < 1.29 is 9.47 Å². The Bertz CT molecular complexity index is 368. The Morgan fingerprint density at radius 1 is 1.56 bits per heavy atom. The molecule has 1 aromatic carbocycles. The van der Waals surface area contributed by atoms with Gasteiger partial charge in [0.2, 0.25) is 0 Å². The number of hydrogen-bond acceptors (Lipinski definition) is 3. The van der Waals surface area contributed by atoms with Crippen molar-refractivity contribution in [3.63, 3.8) is 0 Å². The number of anilines is 1. The summed E-state index contributed by atoms with van der Waals surface area (Å²) in [6, 6.07) is 5.69. The summed E-state index contributed by atoms with van der Waals surface area (Å²) in [6.45, 7) is 5.35. The van der Waals surface area contributed by atoms with Gasteiger partial charge in [-0.3, -0.25) is 0 Å². The Balaban J connectivity index is 2.03. The minimum atomic E-state index is 0.0230. The molecule has 2 rings (SSSR count). The summed E-state index contributed by atoms with van der Waals surface area (Å²) in [7, 11) is 0. The highest BCUT2D eigenvalue weighted by Gasteiger charge is 2.21. The maximum atomic E-state index is 6.06. The van der Waals surface area contributed by atoms with Crippen LogP contribution >= 0.6 is 11.6 Å². The van der Waals surface area contributed by atoms with Crippen LogP contribution in [0.3, 0.4) is 0 Å². The van der Waals surface area contributed by atoms with Crippen LogP contribution in [-0.4, -0.2) is 25.4 Å². The molecule has 88 valence electrons. The number of fused-ring (bicyclic) bond motifs is 1. The molecule has 0 saturated heterocycles. The highest BCUT2D eigenvalue weighted by atomic mass is 35.5. The van der Waals surface area contributed by atoms with E-state index in [1.165, 1.54) is 0 Å². The lowest BCUT2D eigenvalue weighted by Crippen LogP contribution is -2.35. The maximum Gasteiger partial charge on any atom is 0.161 e. The molecule has 0 aliphatic carbocycles. The Morgan fingerprint density at radius 2 is 2.38 bits per heavy atom. The number of nitrogens with one attached hydrogen (secondary N) is 1. The van der Waals surface area contributed by atoms with Crippen molar-refractivity contribution in [2.75, 3.05) is 18.5 Å². The molecule has 1 N–H and O–H groups in total. The zero-order valence-corrected chi connectivity index (χ0v) is 10.3. The van der Waals surface area contributed by atoms with Crippen LogP contribution in [0.15, 0.2) is 18.2 Å². The van der Waals surface area contributed by atoms with Gasteiger partial charge in [-0.1, -0.05) is 17.7 Å². The number of halogens is 1. The zero-order valence-electron chi connectivity index (χ0n) is 9.50. The normalized spacial score (nSPS) is 18.9. The van der Waals surface area contributed by atoms with Crippen LogP contribution < -0.4 is 10.1 Å². The molecule has 4 heteroatoms. The third-order valence-electron chi connectivity index (χ3n) is 2.39. The second-order valence-electron chi connectivity index (χ2n) is 4.12. The number of hydrogen-bond donors (Lipinski definition) is 1. The van der Waals surface area contributed by atoms with Crippen molar-refractivity contribution in [3.05, 3.63) is 23.2 Å². The molecular weight excluding hydrogens is 226 g/mol. The fourth-order valence-electron chi connectivity index (χ4n) is 1.59. The van der Waals surface area contributed by atoms with E-state index in [1.54, 1.807) is 0 Å². The first kappa shape index (κ1) is 11.6. The average Bonchev–Trinajstić information content (AvgIpc) is 2.27. The first-order valence-electron chi connectivity index (χ1n) is 5.47. The quantitative estimate of drug-likeness (QED) is 0.883. The summed E-state index contributed by atoms with van der Waals surface area (Å²) in [6.07, 6.45) is 0.242. The molecule has 1 unspecified atom stereocenters. The van der Waals surface area contributed by atoms with Crippen molar-refractivity contribution in [1.82, 2.24) is 0 Å². The second-order valence-corrected chi connectivity index (χ2v) is 4.53. The van der Waals surface area contributed by atoms with Gasteiger partial charge in [0.25, 0.3) is 0 Å². The Hall–Kier alpha value is -0.930. The average molecular weight is 242 g/mol. The fraction of sp³-hybridized carbons (Fsp3) is 0.500.